The van der Waals surface area contributed by atoms with Crippen LogP contribution in [0.4, 0.5) is 0 Å². The number of hydrogen-bond acceptors (Lipinski definition) is 5. The summed E-state index contributed by atoms with van der Waals surface area (Å²) >= 11 is 0. The van der Waals surface area contributed by atoms with E-state index >= 15 is 0 Å². The predicted octanol–water partition coefficient (Wildman–Crippen LogP) is 0.946. The van der Waals surface area contributed by atoms with Crippen molar-refractivity contribution in [1.82, 2.24) is 0 Å². The van der Waals surface area contributed by atoms with Gasteiger partial charge in [0.05, 0.1) is 14.2 Å². The molecule has 1 aliphatic rings. The second kappa shape index (κ2) is 4.45. The van der Waals surface area contributed by atoms with E-state index < -0.39 is 17.9 Å². The van der Waals surface area contributed by atoms with Gasteiger partial charge in [0.25, 0.3) is 0 Å². The van der Waals surface area contributed by atoms with Crippen LogP contribution in [-0.2, 0) is 20.7 Å². The molecule has 17 heavy (non-hydrogen) atoms. The van der Waals surface area contributed by atoms with Gasteiger partial charge >= 0.3 is 11.9 Å². The van der Waals surface area contributed by atoms with E-state index in [-0.39, 0.29) is 6.42 Å². The Hall–Kier alpha value is -2.04. The van der Waals surface area contributed by atoms with Crippen molar-refractivity contribution in [2.75, 3.05) is 14.2 Å². The van der Waals surface area contributed by atoms with Gasteiger partial charge in [0, 0.05) is 12.0 Å². The molecule has 0 saturated carbocycles. The average Bonchev–Trinajstić information content (AvgIpc) is 2.36. The van der Waals surface area contributed by atoms with Crippen molar-refractivity contribution in [2.24, 2.45) is 5.92 Å². The van der Waals surface area contributed by atoms with Crippen molar-refractivity contribution in [3.63, 3.8) is 0 Å². The fraction of sp³-hybridized carbons (Fsp3) is 0.333. The predicted molar refractivity (Wildman–Crippen MR) is 57.8 cm³/mol. The molecule has 5 heteroatoms. The van der Waals surface area contributed by atoms with Crippen LogP contribution in [0.3, 0.4) is 0 Å². The molecule has 0 amide bonds. The first-order valence-corrected chi connectivity index (χ1v) is 5.12. The molecular weight excluding hydrogens is 224 g/mol. The molecule has 0 unspecified atom stereocenters. The molecule has 1 aliphatic heterocycles. The van der Waals surface area contributed by atoms with Gasteiger partial charge in [-0.15, -0.1) is 0 Å². The van der Waals surface area contributed by atoms with Gasteiger partial charge in [-0.2, -0.15) is 0 Å². The maximum absolute atomic E-state index is 11.6. The minimum absolute atomic E-state index is 0.276. The van der Waals surface area contributed by atoms with Crippen molar-refractivity contribution in [3.05, 3.63) is 23.8 Å². The van der Waals surface area contributed by atoms with Crippen LogP contribution >= 0.6 is 0 Å². The zero-order chi connectivity index (χ0) is 12.4. The van der Waals surface area contributed by atoms with Gasteiger partial charge in [-0.05, 0) is 6.07 Å². The average molecular weight is 236 g/mol. The van der Waals surface area contributed by atoms with Gasteiger partial charge in [0.15, 0.2) is 17.4 Å². The molecule has 1 heterocycles. The summed E-state index contributed by atoms with van der Waals surface area (Å²) in [5, 5.41) is 0. The Balaban J connectivity index is 2.36. The number of rotatable bonds is 2. The fourth-order valence-corrected chi connectivity index (χ4v) is 1.80. The topological polar surface area (TPSA) is 61.8 Å². The molecular formula is C12H12O5. The summed E-state index contributed by atoms with van der Waals surface area (Å²) in [6.45, 7) is 0. The molecule has 0 spiro atoms. The van der Waals surface area contributed by atoms with Gasteiger partial charge < -0.3 is 14.2 Å². The zero-order valence-corrected chi connectivity index (χ0v) is 9.56. The maximum atomic E-state index is 11.6. The van der Waals surface area contributed by atoms with Crippen LogP contribution in [0.2, 0.25) is 0 Å². The first-order chi connectivity index (χ1) is 8.17. The fourth-order valence-electron chi connectivity index (χ4n) is 1.80. The normalized spacial score (nSPS) is 18.0. The lowest BCUT2D eigenvalue weighted by molar-refractivity contribution is -0.156. The standard InChI is InChI=1S/C12H12O5/c1-15-9-5-3-4-7-6-8(11(13)16-2)12(14)17-10(7)9/h3-5,8H,6H2,1-2H3/t8-/m0/s1. The molecule has 0 aliphatic carbocycles. The first-order valence-electron chi connectivity index (χ1n) is 5.12. The SMILES string of the molecule is COC(=O)[C@@H]1Cc2cccc(OC)c2OC1=O. The quantitative estimate of drug-likeness (QED) is 0.434. The third kappa shape index (κ3) is 1.95. The number of carbonyl (C=O) groups excluding carboxylic acids is 2. The van der Waals surface area contributed by atoms with Crippen LogP contribution in [0, 0.1) is 5.92 Å². The maximum Gasteiger partial charge on any atom is 0.326 e. The van der Waals surface area contributed by atoms with Crippen molar-refractivity contribution in [2.45, 2.75) is 6.42 Å². The number of hydrogen-bond donors (Lipinski definition) is 0. The second-order valence-electron chi connectivity index (χ2n) is 3.65. The third-order valence-corrected chi connectivity index (χ3v) is 2.68. The Morgan fingerprint density at radius 3 is 2.82 bits per heavy atom. The van der Waals surface area contributed by atoms with Crippen molar-refractivity contribution < 1.29 is 23.8 Å². The molecule has 1 aromatic rings. The molecule has 0 bridgehead atoms. The highest BCUT2D eigenvalue weighted by Crippen LogP contribution is 2.36. The highest BCUT2D eigenvalue weighted by Gasteiger charge is 2.36. The smallest absolute Gasteiger partial charge is 0.326 e. The van der Waals surface area contributed by atoms with E-state index in [0.29, 0.717) is 11.5 Å². The summed E-state index contributed by atoms with van der Waals surface area (Å²) in [7, 11) is 2.74. The molecule has 5 nitrogen and oxygen atoms in total. The van der Waals surface area contributed by atoms with Crippen molar-refractivity contribution >= 4 is 11.9 Å². The van der Waals surface area contributed by atoms with E-state index in [2.05, 4.69) is 4.74 Å². The Morgan fingerprint density at radius 1 is 1.41 bits per heavy atom. The largest absolute Gasteiger partial charge is 0.493 e. The Morgan fingerprint density at radius 2 is 2.18 bits per heavy atom. The van der Waals surface area contributed by atoms with E-state index in [1.54, 1.807) is 18.2 Å². The highest BCUT2D eigenvalue weighted by atomic mass is 16.6. The number of carbonyl (C=O) groups is 2. The summed E-state index contributed by atoms with van der Waals surface area (Å²) < 4.78 is 14.8. The lowest BCUT2D eigenvalue weighted by Gasteiger charge is -2.22. The van der Waals surface area contributed by atoms with Gasteiger partial charge in [-0.3, -0.25) is 9.59 Å². The Kier molecular flexibility index (Phi) is 2.99. The molecule has 90 valence electrons. The molecule has 2 rings (SSSR count). The summed E-state index contributed by atoms with van der Waals surface area (Å²) in [5.74, 6) is -1.20. The lowest BCUT2D eigenvalue weighted by Crippen LogP contribution is -2.34. The Bertz CT molecular complexity index is 466. The van der Waals surface area contributed by atoms with E-state index in [9.17, 15) is 9.59 Å². The molecule has 1 atom stereocenters. The molecule has 0 radical (unpaired) electrons. The number of ether oxygens (including phenoxy) is 3. The Labute approximate surface area is 98.3 Å². The second-order valence-corrected chi connectivity index (χ2v) is 3.65. The number of methoxy groups -OCH3 is 2. The number of esters is 2. The van der Waals surface area contributed by atoms with Crippen molar-refractivity contribution in [1.29, 1.82) is 0 Å². The van der Waals surface area contributed by atoms with Gasteiger partial charge in [0.2, 0.25) is 0 Å². The van der Waals surface area contributed by atoms with Gasteiger partial charge in [-0.25, -0.2) is 0 Å². The molecule has 0 aromatic heterocycles. The summed E-state index contributed by atoms with van der Waals surface area (Å²) in [6.07, 6.45) is 0.276. The summed E-state index contributed by atoms with van der Waals surface area (Å²) in [4.78, 5) is 23.0. The number of para-hydroxylation sites is 1. The van der Waals surface area contributed by atoms with Crippen molar-refractivity contribution in [3.8, 4) is 11.5 Å². The molecule has 1 aromatic carbocycles. The molecule has 0 fully saturated rings. The van der Waals surface area contributed by atoms with Gasteiger partial charge in [0.1, 0.15) is 0 Å². The van der Waals surface area contributed by atoms with Crippen LogP contribution in [0.5, 0.6) is 11.5 Å². The van der Waals surface area contributed by atoms with E-state index in [4.69, 9.17) is 9.47 Å². The van der Waals surface area contributed by atoms with E-state index in [0.717, 1.165) is 5.56 Å². The van der Waals surface area contributed by atoms with Crippen LogP contribution in [0.15, 0.2) is 18.2 Å². The van der Waals surface area contributed by atoms with Crippen LogP contribution in [0.25, 0.3) is 0 Å². The van der Waals surface area contributed by atoms with E-state index in [1.165, 1.54) is 14.2 Å². The minimum atomic E-state index is -0.889. The highest BCUT2D eigenvalue weighted by molar-refractivity contribution is 5.97. The van der Waals surface area contributed by atoms with E-state index in [1.807, 2.05) is 0 Å². The number of benzene rings is 1. The summed E-state index contributed by atoms with van der Waals surface area (Å²) in [5.41, 5.74) is 0.763. The summed E-state index contributed by atoms with van der Waals surface area (Å²) in [6, 6.07) is 5.27. The van der Waals surface area contributed by atoms with Crippen LogP contribution in [0.1, 0.15) is 5.56 Å². The lowest BCUT2D eigenvalue weighted by atomic mass is 9.96. The molecule has 0 saturated heterocycles. The monoisotopic (exact) mass is 236 g/mol. The molecule has 0 N–H and O–H groups in total. The minimum Gasteiger partial charge on any atom is -0.493 e. The third-order valence-electron chi connectivity index (χ3n) is 2.68. The first kappa shape index (κ1) is 11.4. The zero-order valence-electron chi connectivity index (χ0n) is 9.56. The number of fused-ring (bicyclic) bond motifs is 1. The van der Waals surface area contributed by atoms with Crippen LogP contribution < -0.4 is 9.47 Å². The van der Waals surface area contributed by atoms with Crippen LogP contribution in [-0.4, -0.2) is 26.2 Å². The van der Waals surface area contributed by atoms with Gasteiger partial charge in [-0.1, -0.05) is 12.1 Å².